The summed E-state index contributed by atoms with van der Waals surface area (Å²) in [5.74, 6) is 7.05. The zero-order chi connectivity index (χ0) is 14.1. The second-order valence-corrected chi connectivity index (χ2v) is 3.93. The van der Waals surface area contributed by atoms with Crippen LogP contribution in [-0.4, -0.2) is 29.1 Å². The molecule has 0 aliphatic rings. The molecule has 0 atom stereocenters. The fourth-order valence-electron chi connectivity index (χ4n) is 1.52. The van der Waals surface area contributed by atoms with Crippen LogP contribution >= 0.6 is 0 Å². The van der Waals surface area contributed by atoms with Crippen LogP contribution in [0.5, 0.6) is 0 Å². The second-order valence-electron chi connectivity index (χ2n) is 3.93. The zero-order valence-corrected chi connectivity index (χ0v) is 11.4. The maximum Gasteiger partial charge on any atom is 0.307 e. The van der Waals surface area contributed by atoms with Crippen molar-refractivity contribution in [3.8, 4) is 0 Å². The number of nitrogens with one attached hydrogen (secondary N) is 2. The Labute approximate surface area is 112 Å². The summed E-state index contributed by atoms with van der Waals surface area (Å²) in [5.41, 5.74) is 2.50. The van der Waals surface area contributed by atoms with E-state index in [9.17, 15) is 4.79 Å². The molecular formula is C12H21N5O2. The summed E-state index contributed by atoms with van der Waals surface area (Å²) in [6.07, 6.45) is 2.03. The van der Waals surface area contributed by atoms with Crippen LogP contribution in [0.2, 0.25) is 0 Å². The smallest absolute Gasteiger partial charge is 0.307 e. The highest BCUT2D eigenvalue weighted by atomic mass is 16.5. The van der Waals surface area contributed by atoms with Gasteiger partial charge in [0.05, 0.1) is 13.0 Å². The van der Waals surface area contributed by atoms with Crippen LogP contribution in [0.15, 0.2) is 6.07 Å². The number of anilines is 2. The van der Waals surface area contributed by atoms with Crippen molar-refractivity contribution in [1.29, 1.82) is 0 Å². The fraction of sp³-hybridized carbons (Fsp3) is 0.583. The molecule has 0 bridgehead atoms. The van der Waals surface area contributed by atoms with Gasteiger partial charge in [-0.1, -0.05) is 6.92 Å². The lowest BCUT2D eigenvalue weighted by atomic mass is 10.3. The van der Waals surface area contributed by atoms with Gasteiger partial charge in [-0.25, -0.2) is 15.8 Å². The number of ether oxygens (including phenoxy) is 1. The first-order valence-electron chi connectivity index (χ1n) is 6.43. The van der Waals surface area contributed by atoms with Gasteiger partial charge in [0, 0.05) is 19.0 Å². The van der Waals surface area contributed by atoms with Crippen LogP contribution in [0, 0.1) is 0 Å². The van der Waals surface area contributed by atoms with E-state index in [0.717, 1.165) is 18.7 Å². The molecule has 106 valence electrons. The number of nitrogens with two attached hydrogens (primary N) is 1. The number of aryl methyl sites for hydroxylation is 1. The van der Waals surface area contributed by atoms with E-state index in [-0.39, 0.29) is 5.97 Å². The van der Waals surface area contributed by atoms with E-state index in [1.165, 1.54) is 0 Å². The fourth-order valence-corrected chi connectivity index (χ4v) is 1.52. The van der Waals surface area contributed by atoms with Crippen LogP contribution < -0.4 is 16.6 Å². The monoisotopic (exact) mass is 267 g/mol. The van der Waals surface area contributed by atoms with E-state index in [4.69, 9.17) is 10.6 Å². The van der Waals surface area contributed by atoms with Gasteiger partial charge in [0.2, 0.25) is 0 Å². The number of hydrogen-bond donors (Lipinski definition) is 3. The lowest BCUT2D eigenvalue weighted by molar-refractivity contribution is -0.142. The van der Waals surface area contributed by atoms with Crippen molar-refractivity contribution in [2.45, 2.75) is 33.1 Å². The van der Waals surface area contributed by atoms with Crippen LogP contribution in [0.3, 0.4) is 0 Å². The normalized spacial score (nSPS) is 10.1. The Morgan fingerprint density at radius 2 is 2.11 bits per heavy atom. The molecule has 0 aliphatic heterocycles. The number of aromatic nitrogens is 2. The molecule has 0 aromatic carbocycles. The molecule has 4 N–H and O–H groups in total. The van der Waals surface area contributed by atoms with Crippen molar-refractivity contribution in [3.05, 3.63) is 11.9 Å². The molecule has 1 aromatic rings. The Balaban J connectivity index is 2.56. The summed E-state index contributed by atoms with van der Waals surface area (Å²) in [6.45, 7) is 4.70. The molecule has 1 heterocycles. The third-order valence-corrected chi connectivity index (χ3v) is 2.33. The first-order chi connectivity index (χ1) is 9.19. The van der Waals surface area contributed by atoms with E-state index in [0.29, 0.717) is 31.2 Å². The van der Waals surface area contributed by atoms with Crippen LogP contribution in [-0.2, 0) is 16.0 Å². The molecule has 0 saturated heterocycles. The van der Waals surface area contributed by atoms with E-state index in [2.05, 4.69) is 27.6 Å². The minimum Gasteiger partial charge on any atom is -0.466 e. The van der Waals surface area contributed by atoms with Crippen molar-refractivity contribution in [3.63, 3.8) is 0 Å². The highest BCUT2D eigenvalue weighted by Crippen LogP contribution is 2.11. The molecule has 1 aromatic heterocycles. The lowest BCUT2D eigenvalue weighted by Crippen LogP contribution is -2.15. The van der Waals surface area contributed by atoms with Crippen molar-refractivity contribution in [2.24, 2.45) is 5.84 Å². The van der Waals surface area contributed by atoms with E-state index >= 15 is 0 Å². The summed E-state index contributed by atoms with van der Waals surface area (Å²) in [6, 6.07) is 1.70. The van der Waals surface area contributed by atoms with E-state index in [1.54, 1.807) is 13.0 Å². The number of rotatable bonds is 8. The Bertz CT molecular complexity index is 411. The molecule has 19 heavy (non-hydrogen) atoms. The van der Waals surface area contributed by atoms with Gasteiger partial charge in [0.25, 0.3) is 0 Å². The quantitative estimate of drug-likeness (QED) is 0.368. The van der Waals surface area contributed by atoms with Crippen molar-refractivity contribution in [2.75, 3.05) is 23.9 Å². The molecule has 0 fully saturated rings. The predicted molar refractivity (Wildman–Crippen MR) is 73.6 cm³/mol. The summed E-state index contributed by atoms with van der Waals surface area (Å²) < 4.78 is 4.84. The molecule has 0 amide bonds. The molecule has 0 unspecified atom stereocenters. The lowest BCUT2D eigenvalue weighted by Gasteiger charge is -2.09. The molecule has 7 nitrogen and oxygen atoms in total. The first-order valence-corrected chi connectivity index (χ1v) is 6.43. The zero-order valence-electron chi connectivity index (χ0n) is 11.4. The molecular weight excluding hydrogens is 246 g/mol. The average molecular weight is 267 g/mol. The van der Waals surface area contributed by atoms with Gasteiger partial charge in [-0.15, -0.1) is 0 Å². The minimum absolute atomic E-state index is 0.227. The first kappa shape index (κ1) is 15.2. The number of nitrogen functional groups attached to an aromatic ring is 1. The molecule has 7 heteroatoms. The SMILES string of the molecule is CCCc1nc(NN)cc(NCCC(=O)OCC)n1. The number of hydrogen-bond acceptors (Lipinski definition) is 7. The molecule has 0 radical (unpaired) electrons. The molecule has 0 saturated carbocycles. The van der Waals surface area contributed by atoms with Gasteiger partial charge < -0.3 is 15.5 Å². The number of carbonyl (C=O) groups excluding carboxylic acids is 1. The van der Waals surface area contributed by atoms with Gasteiger partial charge in [0.15, 0.2) is 0 Å². The maximum atomic E-state index is 11.2. The third-order valence-electron chi connectivity index (χ3n) is 2.33. The topological polar surface area (TPSA) is 102 Å². The summed E-state index contributed by atoms with van der Waals surface area (Å²) in [4.78, 5) is 19.8. The van der Waals surface area contributed by atoms with Crippen LogP contribution in [0.4, 0.5) is 11.6 Å². The molecule has 0 aliphatic carbocycles. The van der Waals surface area contributed by atoms with Gasteiger partial charge in [-0.05, 0) is 13.3 Å². The minimum atomic E-state index is -0.227. The summed E-state index contributed by atoms with van der Waals surface area (Å²) in [5, 5.41) is 3.06. The largest absolute Gasteiger partial charge is 0.466 e. The van der Waals surface area contributed by atoms with Crippen LogP contribution in [0.1, 0.15) is 32.5 Å². The summed E-state index contributed by atoms with van der Waals surface area (Å²) in [7, 11) is 0. The van der Waals surface area contributed by atoms with Gasteiger partial charge in [-0.2, -0.15) is 0 Å². The number of nitrogens with zero attached hydrogens (tertiary/aromatic N) is 2. The molecule has 1 rings (SSSR count). The second kappa shape index (κ2) is 8.25. The van der Waals surface area contributed by atoms with Gasteiger partial charge in [-0.3, -0.25) is 4.79 Å². The van der Waals surface area contributed by atoms with Gasteiger partial charge in [0.1, 0.15) is 17.5 Å². The van der Waals surface area contributed by atoms with Gasteiger partial charge >= 0.3 is 5.97 Å². The predicted octanol–water partition coefficient (Wildman–Crippen LogP) is 1.08. The summed E-state index contributed by atoms with van der Waals surface area (Å²) >= 11 is 0. The highest BCUT2D eigenvalue weighted by molar-refractivity contribution is 5.70. The average Bonchev–Trinajstić information content (AvgIpc) is 2.39. The highest BCUT2D eigenvalue weighted by Gasteiger charge is 2.05. The Hall–Kier alpha value is -1.89. The Kier molecular flexibility index (Phi) is 6.59. The van der Waals surface area contributed by atoms with Crippen LogP contribution in [0.25, 0.3) is 0 Å². The van der Waals surface area contributed by atoms with E-state index in [1.807, 2.05) is 0 Å². The number of esters is 1. The standard InChI is InChI=1S/C12H21N5O2/c1-3-5-9-15-10(8-11(16-9)17-13)14-7-6-12(18)19-4-2/h8H,3-7,13H2,1-2H3,(H2,14,15,16,17). The molecule has 0 spiro atoms. The van der Waals surface area contributed by atoms with Crippen molar-refractivity contribution < 1.29 is 9.53 Å². The van der Waals surface area contributed by atoms with E-state index < -0.39 is 0 Å². The Morgan fingerprint density at radius 3 is 2.74 bits per heavy atom. The van der Waals surface area contributed by atoms with Crippen molar-refractivity contribution in [1.82, 2.24) is 9.97 Å². The number of hydrazine groups is 1. The number of carbonyl (C=O) groups is 1. The Morgan fingerprint density at radius 1 is 1.37 bits per heavy atom. The maximum absolute atomic E-state index is 11.2. The third kappa shape index (κ3) is 5.52. The van der Waals surface area contributed by atoms with Crippen molar-refractivity contribution >= 4 is 17.6 Å².